The van der Waals surface area contributed by atoms with E-state index in [-0.39, 0.29) is 28.0 Å². The van der Waals surface area contributed by atoms with Crippen molar-refractivity contribution in [2.75, 3.05) is 17.2 Å². The van der Waals surface area contributed by atoms with Gasteiger partial charge < -0.3 is 10.6 Å². The second-order valence-electron chi connectivity index (χ2n) is 5.46. The number of hydrogen-bond donors (Lipinski definition) is 2. The van der Waals surface area contributed by atoms with Gasteiger partial charge in [-0.3, -0.25) is 14.9 Å². The SMILES string of the molecule is O=C(CNc1ccc(C(F)(F)F)cc1[N+](=O)[O-])Nc1cccc(SC(F)(F)F)c1. The third-order valence-corrected chi connectivity index (χ3v) is 4.03. The molecule has 6 nitrogen and oxygen atoms in total. The van der Waals surface area contributed by atoms with Crippen molar-refractivity contribution in [1.82, 2.24) is 0 Å². The van der Waals surface area contributed by atoms with E-state index in [1.807, 2.05) is 0 Å². The van der Waals surface area contributed by atoms with Gasteiger partial charge in [-0.1, -0.05) is 6.07 Å². The molecule has 0 aliphatic rings. The Morgan fingerprint density at radius 3 is 2.34 bits per heavy atom. The molecule has 13 heteroatoms. The number of carbonyl (C=O) groups is 1. The summed E-state index contributed by atoms with van der Waals surface area (Å²) in [6.07, 6.45) is -4.78. The molecule has 0 bridgehead atoms. The third-order valence-electron chi connectivity index (χ3n) is 3.31. The Balaban J connectivity index is 2.06. The van der Waals surface area contributed by atoms with Crippen LogP contribution in [0.3, 0.4) is 0 Å². The molecule has 29 heavy (non-hydrogen) atoms. The molecule has 0 radical (unpaired) electrons. The van der Waals surface area contributed by atoms with Crippen LogP contribution in [-0.4, -0.2) is 22.9 Å². The molecule has 156 valence electrons. The molecule has 0 spiro atoms. The van der Waals surface area contributed by atoms with E-state index in [4.69, 9.17) is 0 Å². The Morgan fingerprint density at radius 1 is 1.07 bits per heavy atom. The first-order valence-electron chi connectivity index (χ1n) is 7.60. The van der Waals surface area contributed by atoms with Crippen molar-refractivity contribution < 1.29 is 36.1 Å². The lowest BCUT2D eigenvalue weighted by Gasteiger charge is -2.11. The summed E-state index contributed by atoms with van der Waals surface area (Å²) in [6, 6.07) is 6.66. The van der Waals surface area contributed by atoms with Crippen LogP contribution in [0.4, 0.5) is 43.4 Å². The first-order chi connectivity index (χ1) is 13.3. The summed E-state index contributed by atoms with van der Waals surface area (Å²) >= 11 is -0.373. The first-order valence-corrected chi connectivity index (χ1v) is 8.42. The van der Waals surface area contributed by atoms with Gasteiger partial charge in [-0.25, -0.2) is 0 Å². The molecule has 0 aliphatic carbocycles. The number of anilines is 2. The largest absolute Gasteiger partial charge is 0.446 e. The first kappa shape index (κ1) is 22.3. The highest BCUT2D eigenvalue weighted by Crippen LogP contribution is 2.37. The molecule has 0 saturated heterocycles. The number of halogens is 6. The molecular weight excluding hydrogens is 428 g/mol. The minimum absolute atomic E-state index is 0.0490. The fourth-order valence-electron chi connectivity index (χ4n) is 2.16. The van der Waals surface area contributed by atoms with Gasteiger partial charge >= 0.3 is 11.7 Å². The Kier molecular flexibility index (Phi) is 6.62. The van der Waals surface area contributed by atoms with E-state index in [1.165, 1.54) is 18.2 Å². The molecule has 0 aliphatic heterocycles. The van der Waals surface area contributed by atoms with E-state index >= 15 is 0 Å². The van der Waals surface area contributed by atoms with Gasteiger partial charge in [0.15, 0.2) is 0 Å². The Labute approximate surface area is 163 Å². The van der Waals surface area contributed by atoms with Gasteiger partial charge in [-0.2, -0.15) is 26.3 Å². The Bertz CT molecular complexity index is 918. The summed E-state index contributed by atoms with van der Waals surface area (Å²) in [7, 11) is 0. The summed E-state index contributed by atoms with van der Waals surface area (Å²) in [5, 5.41) is 15.6. The zero-order chi connectivity index (χ0) is 21.8. The molecule has 0 heterocycles. The molecule has 2 rings (SSSR count). The van der Waals surface area contributed by atoms with Crippen LogP contribution in [0.15, 0.2) is 47.4 Å². The number of nitro benzene ring substituents is 1. The number of rotatable bonds is 6. The maximum atomic E-state index is 12.7. The summed E-state index contributed by atoms with van der Waals surface area (Å²) in [5.41, 5.74) is -6.88. The Hall–Kier alpha value is -2.96. The van der Waals surface area contributed by atoms with Crippen molar-refractivity contribution in [2.45, 2.75) is 16.6 Å². The average Bonchev–Trinajstić information content (AvgIpc) is 2.57. The highest BCUT2D eigenvalue weighted by Gasteiger charge is 2.33. The molecule has 2 aromatic carbocycles. The number of thioether (sulfide) groups is 1. The zero-order valence-corrected chi connectivity index (χ0v) is 14.9. The summed E-state index contributed by atoms with van der Waals surface area (Å²) in [4.78, 5) is 21.7. The number of nitrogens with one attached hydrogen (secondary N) is 2. The second-order valence-corrected chi connectivity index (χ2v) is 6.60. The summed E-state index contributed by atoms with van der Waals surface area (Å²) in [5.74, 6) is -0.770. The fourth-order valence-corrected chi connectivity index (χ4v) is 2.76. The second kappa shape index (κ2) is 8.59. The summed E-state index contributed by atoms with van der Waals surface area (Å²) in [6.45, 7) is -0.567. The molecule has 0 fully saturated rings. The number of amides is 1. The van der Waals surface area contributed by atoms with Gasteiger partial charge in [-0.05, 0) is 42.1 Å². The number of nitro groups is 1. The number of alkyl halides is 6. The maximum absolute atomic E-state index is 12.7. The smallest absolute Gasteiger partial charge is 0.371 e. The zero-order valence-electron chi connectivity index (χ0n) is 14.1. The molecule has 0 saturated carbocycles. The number of carbonyl (C=O) groups excluding carboxylic acids is 1. The van der Waals surface area contributed by atoms with Crippen LogP contribution in [0.25, 0.3) is 0 Å². The monoisotopic (exact) mass is 439 g/mol. The quantitative estimate of drug-likeness (QED) is 0.277. The van der Waals surface area contributed by atoms with E-state index in [0.717, 1.165) is 12.1 Å². The van der Waals surface area contributed by atoms with Crippen LogP contribution < -0.4 is 10.6 Å². The minimum atomic E-state index is -4.78. The molecule has 2 aromatic rings. The van der Waals surface area contributed by atoms with Gasteiger partial charge in [0.1, 0.15) is 5.69 Å². The van der Waals surface area contributed by atoms with Gasteiger partial charge in [-0.15, -0.1) is 0 Å². The van der Waals surface area contributed by atoms with Crippen LogP contribution in [0.1, 0.15) is 5.56 Å². The molecular formula is C16H11F6N3O3S. The third kappa shape index (κ3) is 6.85. The van der Waals surface area contributed by atoms with Crippen molar-refractivity contribution in [3.05, 3.63) is 58.1 Å². The lowest BCUT2D eigenvalue weighted by molar-refractivity contribution is -0.384. The van der Waals surface area contributed by atoms with E-state index in [2.05, 4.69) is 10.6 Å². The van der Waals surface area contributed by atoms with E-state index < -0.39 is 40.3 Å². The lowest BCUT2D eigenvalue weighted by atomic mass is 10.1. The summed E-state index contributed by atoms with van der Waals surface area (Å²) < 4.78 is 75.2. The van der Waals surface area contributed by atoms with Crippen molar-refractivity contribution in [3.8, 4) is 0 Å². The van der Waals surface area contributed by atoms with E-state index in [9.17, 15) is 41.3 Å². The lowest BCUT2D eigenvalue weighted by Crippen LogP contribution is -2.22. The van der Waals surface area contributed by atoms with Crippen LogP contribution in [0.5, 0.6) is 0 Å². The number of hydrogen-bond acceptors (Lipinski definition) is 5. The van der Waals surface area contributed by atoms with E-state index in [0.29, 0.717) is 12.1 Å². The standard InChI is InChI=1S/C16H11F6N3O3S/c17-15(18,19)9-4-5-12(13(6-9)25(27)28)23-8-14(26)24-10-2-1-3-11(7-10)29-16(20,21)22/h1-7,23H,8H2,(H,24,26). The number of nitrogens with zero attached hydrogens (tertiary/aromatic N) is 1. The van der Waals surface area contributed by atoms with Crippen molar-refractivity contribution in [1.29, 1.82) is 0 Å². The predicted molar refractivity (Wildman–Crippen MR) is 93.6 cm³/mol. The predicted octanol–water partition coefficient (Wildman–Crippen LogP) is 5.28. The van der Waals surface area contributed by atoms with Crippen molar-refractivity contribution in [2.24, 2.45) is 0 Å². The molecule has 2 N–H and O–H groups in total. The van der Waals surface area contributed by atoms with Crippen LogP contribution >= 0.6 is 11.8 Å². The highest BCUT2D eigenvalue weighted by atomic mass is 32.2. The van der Waals surface area contributed by atoms with E-state index in [1.54, 1.807) is 0 Å². The van der Waals surface area contributed by atoms with Gasteiger partial charge in [0.2, 0.25) is 5.91 Å². The highest BCUT2D eigenvalue weighted by molar-refractivity contribution is 8.00. The van der Waals surface area contributed by atoms with Crippen LogP contribution in [-0.2, 0) is 11.0 Å². The number of benzene rings is 2. The van der Waals surface area contributed by atoms with Gasteiger partial charge in [0, 0.05) is 16.6 Å². The molecule has 0 unspecified atom stereocenters. The van der Waals surface area contributed by atoms with Crippen LogP contribution in [0, 0.1) is 10.1 Å². The Morgan fingerprint density at radius 2 is 1.76 bits per heavy atom. The van der Waals surface area contributed by atoms with Gasteiger partial charge in [0.25, 0.3) is 5.69 Å². The topological polar surface area (TPSA) is 84.3 Å². The van der Waals surface area contributed by atoms with Crippen LogP contribution in [0.2, 0.25) is 0 Å². The molecule has 0 aromatic heterocycles. The molecule has 1 amide bonds. The molecule has 0 atom stereocenters. The average molecular weight is 439 g/mol. The normalized spacial score (nSPS) is 11.8. The minimum Gasteiger partial charge on any atom is -0.371 e. The fraction of sp³-hybridized carbons (Fsp3) is 0.188. The van der Waals surface area contributed by atoms with Crippen molar-refractivity contribution >= 4 is 34.7 Å². The maximum Gasteiger partial charge on any atom is 0.446 e. The van der Waals surface area contributed by atoms with Crippen molar-refractivity contribution in [3.63, 3.8) is 0 Å². The van der Waals surface area contributed by atoms with Gasteiger partial charge in [0.05, 0.1) is 17.0 Å².